The molecule has 62 valence electrons. The molecule has 0 fully saturated rings. The molecular formula is C6H10N2O2S. The number of thioether (sulfide) groups is 1. The molecular weight excluding hydrogens is 164 g/mol. The fraction of sp³-hybridized carbons (Fsp3) is 0.667. The van der Waals surface area contributed by atoms with E-state index >= 15 is 0 Å². The summed E-state index contributed by atoms with van der Waals surface area (Å²) >= 11 is 1.50. The number of ether oxygens (including phenoxy) is 1. The Morgan fingerprint density at radius 1 is 1.91 bits per heavy atom. The highest BCUT2D eigenvalue weighted by molar-refractivity contribution is 8.13. The Labute approximate surface area is 69.4 Å². The largest absolute Gasteiger partial charge is 0.467 e. The maximum atomic E-state index is 10.9. The smallest absolute Gasteiger partial charge is 0.330 e. The Balaban J connectivity index is 2.41. The third-order valence-corrected chi connectivity index (χ3v) is 2.03. The molecule has 0 amide bonds. The minimum Gasteiger partial charge on any atom is -0.467 e. The van der Waals surface area contributed by atoms with Gasteiger partial charge in [0.05, 0.1) is 13.7 Å². The van der Waals surface area contributed by atoms with Gasteiger partial charge in [0, 0.05) is 0 Å². The summed E-state index contributed by atoms with van der Waals surface area (Å²) in [6, 6.07) is -0.276. The highest BCUT2D eigenvalue weighted by Crippen LogP contribution is 2.05. The fourth-order valence-corrected chi connectivity index (χ4v) is 1.28. The van der Waals surface area contributed by atoms with Gasteiger partial charge in [0.15, 0.2) is 5.17 Å². The van der Waals surface area contributed by atoms with Gasteiger partial charge < -0.3 is 10.1 Å². The van der Waals surface area contributed by atoms with Gasteiger partial charge in [0.1, 0.15) is 6.04 Å². The van der Waals surface area contributed by atoms with Crippen molar-refractivity contribution < 1.29 is 9.53 Å². The van der Waals surface area contributed by atoms with Crippen molar-refractivity contribution in [3.8, 4) is 0 Å². The van der Waals surface area contributed by atoms with Crippen LogP contribution >= 0.6 is 11.8 Å². The van der Waals surface area contributed by atoms with E-state index in [1.807, 2.05) is 6.26 Å². The van der Waals surface area contributed by atoms with Gasteiger partial charge in [-0.1, -0.05) is 11.8 Å². The number of aliphatic imine (C=N–C) groups is 1. The first-order valence-electron chi connectivity index (χ1n) is 3.20. The maximum absolute atomic E-state index is 10.9. The van der Waals surface area contributed by atoms with Crippen LogP contribution < -0.4 is 5.32 Å². The Morgan fingerprint density at radius 2 is 2.64 bits per heavy atom. The lowest BCUT2D eigenvalue weighted by Crippen LogP contribution is -2.37. The summed E-state index contributed by atoms with van der Waals surface area (Å²) in [5, 5.41) is 3.74. The number of rotatable bonds is 1. The van der Waals surface area contributed by atoms with Crippen LogP contribution in [-0.4, -0.2) is 37.1 Å². The first-order chi connectivity index (χ1) is 5.27. The standard InChI is InChI=1S/C6H10N2O2S/c1-10-5(9)4-3-7-6(8-4)11-2/h4H,3H2,1-2H3,(H,7,8). The average Bonchev–Trinajstić information content (AvgIpc) is 2.50. The third-order valence-electron chi connectivity index (χ3n) is 1.39. The third kappa shape index (κ3) is 1.86. The van der Waals surface area contributed by atoms with E-state index in [0.29, 0.717) is 6.54 Å². The van der Waals surface area contributed by atoms with Crippen molar-refractivity contribution in [2.75, 3.05) is 19.9 Å². The maximum Gasteiger partial charge on any atom is 0.330 e. The van der Waals surface area contributed by atoms with Gasteiger partial charge in [-0.3, -0.25) is 4.99 Å². The Bertz CT molecular complexity index is 193. The molecule has 0 aromatic rings. The number of nitrogens with zero attached hydrogens (tertiary/aromatic N) is 1. The van der Waals surface area contributed by atoms with Crippen molar-refractivity contribution in [3.63, 3.8) is 0 Å². The lowest BCUT2D eigenvalue weighted by atomic mass is 10.3. The van der Waals surface area contributed by atoms with Crippen molar-refractivity contribution in [1.82, 2.24) is 5.32 Å². The van der Waals surface area contributed by atoms with E-state index in [1.54, 1.807) is 0 Å². The summed E-state index contributed by atoms with van der Waals surface area (Å²) in [5.74, 6) is -0.252. The zero-order valence-corrected chi connectivity index (χ0v) is 7.27. The highest BCUT2D eigenvalue weighted by atomic mass is 32.2. The summed E-state index contributed by atoms with van der Waals surface area (Å²) < 4.78 is 4.54. The van der Waals surface area contributed by atoms with Crippen LogP contribution in [0.3, 0.4) is 0 Å². The monoisotopic (exact) mass is 174 g/mol. The van der Waals surface area contributed by atoms with Crippen molar-refractivity contribution in [2.24, 2.45) is 4.99 Å². The Kier molecular flexibility index (Phi) is 2.76. The van der Waals surface area contributed by atoms with E-state index in [9.17, 15) is 4.79 Å². The van der Waals surface area contributed by atoms with Gasteiger partial charge >= 0.3 is 5.97 Å². The summed E-state index contributed by atoms with van der Waals surface area (Å²) in [6.45, 7) is 0.489. The first-order valence-corrected chi connectivity index (χ1v) is 4.43. The summed E-state index contributed by atoms with van der Waals surface area (Å²) in [7, 11) is 1.38. The number of nitrogens with one attached hydrogen (secondary N) is 1. The fourth-order valence-electron chi connectivity index (χ4n) is 0.814. The molecule has 0 bridgehead atoms. The molecule has 1 aliphatic rings. The molecule has 0 spiro atoms. The number of carbonyl (C=O) groups is 1. The van der Waals surface area contributed by atoms with Gasteiger partial charge in [0.2, 0.25) is 0 Å². The second-order valence-corrected chi connectivity index (χ2v) is 2.86. The zero-order chi connectivity index (χ0) is 8.27. The molecule has 1 heterocycles. The number of esters is 1. The molecule has 11 heavy (non-hydrogen) atoms. The summed E-state index contributed by atoms with van der Waals surface area (Å²) in [4.78, 5) is 15.0. The van der Waals surface area contributed by atoms with E-state index in [0.717, 1.165) is 5.17 Å². The minimum atomic E-state index is -0.276. The number of hydrogen-bond donors (Lipinski definition) is 1. The Morgan fingerprint density at radius 3 is 3.09 bits per heavy atom. The van der Waals surface area contributed by atoms with E-state index in [-0.39, 0.29) is 12.0 Å². The van der Waals surface area contributed by atoms with Gasteiger partial charge in [-0.25, -0.2) is 4.79 Å². The lowest BCUT2D eigenvalue weighted by Gasteiger charge is -2.06. The summed E-state index contributed by atoms with van der Waals surface area (Å²) in [6.07, 6.45) is 1.91. The number of methoxy groups -OCH3 is 1. The molecule has 5 heteroatoms. The Hall–Kier alpha value is -0.710. The van der Waals surface area contributed by atoms with Crippen LogP contribution in [0.1, 0.15) is 0 Å². The van der Waals surface area contributed by atoms with Crippen molar-refractivity contribution in [3.05, 3.63) is 0 Å². The predicted octanol–water partition coefficient (Wildman–Crippen LogP) is -0.150. The molecule has 0 aromatic heterocycles. The van der Waals surface area contributed by atoms with Crippen LogP contribution in [0.2, 0.25) is 0 Å². The zero-order valence-electron chi connectivity index (χ0n) is 6.46. The SMILES string of the molecule is COC(=O)C1CN=C(SC)N1. The van der Waals surface area contributed by atoms with Crippen LogP contribution in [0.5, 0.6) is 0 Å². The first kappa shape index (κ1) is 8.39. The molecule has 1 atom stereocenters. The minimum absolute atomic E-state index is 0.252. The van der Waals surface area contributed by atoms with E-state index in [1.165, 1.54) is 18.9 Å². The second kappa shape index (κ2) is 3.61. The van der Waals surface area contributed by atoms with Gasteiger partial charge in [0.25, 0.3) is 0 Å². The predicted molar refractivity (Wildman–Crippen MR) is 44.8 cm³/mol. The number of hydrogen-bond acceptors (Lipinski definition) is 5. The van der Waals surface area contributed by atoms with E-state index in [2.05, 4.69) is 15.0 Å². The molecule has 0 radical (unpaired) electrons. The average molecular weight is 174 g/mol. The molecule has 1 unspecified atom stereocenters. The number of amidine groups is 1. The molecule has 0 aliphatic carbocycles. The number of carbonyl (C=O) groups excluding carboxylic acids is 1. The molecule has 1 aliphatic heterocycles. The van der Waals surface area contributed by atoms with Gasteiger partial charge in [-0.15, -0.1) is 0 Å². The van der Waals surface area contributed by atoms with Gasteiger partial charge in [-0.2, -0.15) is 0 Å². The lowest BCUT2D eigenvalue weighted by molar-refractivity contribution is -0.142. The molecule has 1 rings (SSSR count). The molecule has 0 saturated carbocycles. The topological polar surface area (TPSA) is 50.7 Å². The van der Waals surface area contributed by atoms with Crippen LogP contribution in [0, 0.1) is 0 Å². The van der Waals surface area contributed by atoms with E-state index in [4.69, 9.17) is 0 Å². The highest BCUT2D eigenvalue weighted by Gasteiger charge is 2.24. The summed E-state index contributed by atoms with van der Waals surface area (Å²) in [5.41, 5.74) is 0. The van der Waals surface area contributed by atoms with Crippen LogP contribution in [0.4, 0.5) is 0 Å². The van der Waals surface area contributed by atoms with Crippen molar-refractivity contribution in [1.29, 1.82) is 0 Å². The quantitative estimate of drug-likeness (QED) is 0.562. The van der Waals surface area contributed by atoms with Crippen LogP contribution in [-0.2, 0) is 9.53 Å². The molecule has 0 saturated heterocycles. The van der Waals surface area contributed by atoms with Gasteiger partial charge in [-0.05, 0) is 6.26 Å². The van der Waals surface area contributed by atoms with E-state index < -0.39 is 0 Å². The van der Waals surface area contributed by atoms with Crippen molar-refractivity contribution >= 4 is 22.9 Å². The van der Waals surface area contributed by atoms with Crippen LogP contribution in [0.15, 0.2) is 4.99 Å². The molecule has 1 N–H and O–H groups in total. The molecule has 0 aromatic carbocycles. The van der Waals surface area contributed by atoms with Crippen molar-refractivity contribution in [2.45, 2.75) is 6.04 Å². The van der Waals surface area contributed by atoms with Crippen LogP contribution in [0.25, 0.3) is 0 Å². The second-order valence-electron chi connectivity index (χ2n) is 2.07. The molecule has 4 nitrogen and oxygen atoms in total. The normalized spacial score (nSPS) is 22.4.